The van der Waals surface area contributed by atoms with E-state index in [2.05, 4.69) is 4.74 Å². The first-order valence-corrected chi connectivity index (χ1v) is 10.0. The van der Waals surface area contributed by atoms with E-state index < -0.39 is 22.0 Å². The zero-order valence-corrected chi connectivity index (χ0v) is 15.1. The van der Waals surface area contributed by atoms with E-state index >= 15 is 0 Å². The number of hydrogen-bond acceptors (Lipinski definition) is 3. The number of sulfone groups is 1. The van der Waals surface area contributed by atoms with E-state index in [1.807, 2.05) is 0 Å². The lowest BCUT2D eigenvalue weighted by Gasteiger charge is -2.13. The van der Waals surface area contributed by atoms with Crippen molar-refractivity contribution in [3.05, 3.63) is 59.4 Å². The molecular formula is C19H16F4O3S. The van der Waals surface area contributed by atoms with Gasteiger partial charge in [-0.05, 0) is 65.8 Å². The minimum atomic E-state index is -4.78. The molecule has 0 fully saturated rings. The molecule has 0 bridgehead atoms. The lowest BCUT2D eigenvalue weighted by Crippen LogP contribution is -2.17. The van der Waals surface area contributed by atoms with Crippen molar-refractivity contribution in [1.29, 1.82) is 0 Å². The van der Waals surface area contributed by atoms with Gasteiger partial charge in [-0.15, -0.1) is 13.2 Å². The Hall–Kier alpha value is -2.35. The minimum Gasteiger partial charge on any atom is -0.406 e. The number of halogens is 4. The second-order valence-electron chi connectivity index (χ2n) is 6.30. The smallest absolute Gasteiger partial charge is 0.406 e. The Bertz CT molecular complexity index is 1010. The second kappa shape index (κ2) is 6.99. The minimum absolute atomic E-state index is 0.322. The van der Waals surface area contributed by atoms with Gasteiger partial charge in [0.05, 0.1) is 0 Å². The van der Waals surface area contributed by atoms with Gasteiger partial charge in [-0.1, -0.05) is 18.2 Å². The van der Waals surface area contributed by atoms with Crippen molar-refractivity contribution in [2.75, 3.05) is 6.26 Å². The van der Waals surface area contributed by atoms with Gasteiger partial charge in [0.25, 0.3) is 0 Å². The summed E-state index contributed by atoms with van der Waals surface area (Å²) in [5, 5.41) is 0. The van der Waals surface area contributed by atoms with E-state index in [0.29, 0.717) is 24.0 Å². The Labute approximate surface area is 154 Å². The van der Waals surface area contributed by atoms with Crippen LogP contribution in [0.1, 0.15) is 30.4 Å². The quantitative estimate of drug-likeness (QED) is 0.661. The van der Waals surface area contributed by atoms with Gasteiger partial charge in [0.15, 0.2) is 9.84 Å². The van der Waals surface area contributed by atoms with Crippen LogP contribution >= 0.6 is 0 Å². The molecule has 0 saturated heterocycles. The van der Waals surface area contributed by atoms with Crippen molar-refractivity contribution in [3.63, 3.8) is 0 Å². The molecule has 0 aromatic heterocycles. The lowest BCUT2D eigenvalue weighted by atomic mass is 9.97. The molecule has 0 amide bonds. The van der Waals surface area contributed by atoms with Gasteiger partial charge in [0, 0.05) is 6.26 Å². The van der Waals surface area contributed by atoms with Crippen molar-refractivity contribution < 1.29 is 30.7 Å². The van der Waals surface area contributed by atoms with Gasteiger partial charge in [-0.2, -0.15) is 0 Å². The zero-order chi connectivity index (χ0) is 19.8. The van der Waals surface area contributed by atoms with Crippen LogP contribution in [0.4, 0.5) is 17.6 Å². The number of hydrogen-bond donors (Lipinski definition) is 0. The van der Waals surface area contributed by atoms with Gasteiger partial charge in [0.2, 0.25) is 0 Å². The maximum Gasteiger partial charge on any atom is 0.573 e. The predicted molar refractivity (Wildman–Crippen MR) is 93.3 cm³/mol. The fraction of sp³-hybridized carbons (Fsp3) is 0.263. The highest BCUT2D eigenvalue weighted by Crippen LogP contribution is 2.41. The molecule has 0 heterocycles. The Kier molecular flexibility index (Phi) is 5.03. The van der Waals surface area contributed by atoms with Crippen LogP contribution in [0.3, 0.4) is 0 Å². The molecule has 0 aliphatic heterocycles. The molecular weight excluding hydrogens is 384 g/mol. The molecule has 0 saturated carbocycles. The maximum atomic E-state index is 14.2. The first-order chi connectivity index (χ1) is 12.5. The second-order valence-corrected chi connectivity index (χ2v) is 8.29. The number of benzene rings is 2. The van der Waals surface area contributed by atoms with Crippen molar-refractivity contribution in [2.24, 2.45) is 0 Å². The first kappa shape index (κ1) is 19.4. The molecule has 8 heteroatoms. The average molecular weight is 400 g/mol. The standard InChI is InChI=1S/C19H16F4O3S/c1-27(24,25)18-9-8-13(11-17(18)20)16-7-3-6-15(16)12-4-2-5-14(10-12)26-19(21,22)23/h2,4-5,8-11H,3,6-7H2,1H3. The molecule has 0 atom stereocenters. The van der Waals surface area contributed by atoms with E-state index in [1.165, 1.54) is 30.3 Å². The van der Waals surface area contributed by atoms with Gasteiger partial charge in [0.1, 0.15) is 16.5 Å². The predicted octanol–water partition coefficient (Wildman–Crippen LogP) is 5.22. The summed E-state index contributed by atoms with van der Waals surface area (Å²) in [6, 6.07) is 9.55. The van der Waals surface area contributed by atoms with Gasteiger partial charge in [-0.3, -0.25) is 0 Å². The zero-order valence-electron chi connectivity index (χ0n) is 14.3. The topological polar surface area (TPSA) is 43.4 Å². The summed E-state index contributed by atoms with van der Waals surface area (Å²) in [5.74, 6) is -1.17. The van der Waals surface area contributed by atoms with Crippen LogP contribution in [0.25, 0.3) is 11.1 Å². The van der Waals surface area contributed by atoms with E-state index in [9.17, 15) is 26.0 Å². The molecule has 0 radical (unpaired) electrons. The van der Waals surface area contributed by atoms with Crippen molar-refractivity contribution >= 4 is 21.0 Å². The van der Waals surface area contributed by atoms with Gasteiger partial charge < -0.3 is 4.74 Å². The molecule has 27 heavy (non-hydrogen) atoms. The summed E-state index contributed by atoms with van der Waals surface area (Å²) in [4.78, 5) is -0.382. The summed E-state index contributed by atoms with van der Waals surface area (Å²) >= 11 is 0. The van der Waals surface area contributed by atoms with E-state index in [1.54, 1.807) is 6.07 Å². The third-order valence-corrected chi connectivity index (χ3v) is 5.44. The summed E-state index contributed by atoms with van der Waals surface area (Å²) in [5.41, 5.74) is 2.68. The number of rotatable bonds is 4. The maximum absolute atomic E-state index is 14.2. The monoisotopic (exact) mass is 400 g/mol. The van der Waals surface area contributed by atoms with Gasteiger partial charge in [-0.25, -0.2) is 12.8 Å². The highest BCUT2D eigenvalue weighted by Gasteiger charge is 2.31. The fourth-order valence-corrected chi connectivity index (χ4v) is 3.98. The molecule has 2 aromatic carbocycles. The van der Waals surface area contributed by atoms with Crippen LogP contribution in [0.5, 0.6) is 5.75 Å². The highest BCUT2D eigenvalue weighted by atomic mass is 32.2. The third-order valence-electron chi connectivity index (χ3n) is 4.31. The normalized spacial score (nSPS) is 15.3. The number of allylic oxidation sites excluding steroid dienone is 2. The summed E-state index contributed by atoms with van der Waals surface area (Å²) < 4.78 is 78.7. The largest absolute Gasteiger partial charge is 0.573 e. The molecule has 0 unspecified atom stereocenters. The molecule has 0 N–H and O–H groups in total. The summed E-state index contributed by atoms with van der Waals surface area (Å²) in [7, 11) is -3.68. The molecule has 144 valence electrons. The number of alkyl halides is 3. The van der Waals surface area contributed by atoms with Crippen molar-refractivity contribution in [2.45, 2.75) is 30.5 Å². The Balaban J connectivity index is 2.02. The summed E-state index contributed by atoms with van der Waals surface area (Å²) in [6.07, 6.45) is -1.84. The lowest BCUT2D eigenvalue weighted by molar-refractivity contribution is -0.274. The molecule has 1 aliphatic carbocycles. The van der Waals surface area contributed by atoms with Crippen molar-refractivity contribution in [1.82, 2.24) is 0 Å². The van der Waals surface area contributed by atoms with Gasteiger partial charge >= 0.3 is 6.36 Å². The van der Waals surface area contributed by atoms with Crippen LogP contribution in [-0.2, 0) is 9.84 Å². The number of ether oxygens (including phenoxy) is 1. The summed E-state index contributed by atoms with van der Waals surface area (Å²) in [6.45, 7) is 0. The molecule has 2 aromatic rings. The van der Waals surface area contributed by atoms with Crippen LogP contribution in [0.2, 0.25) is 0 Å². The third kappa shape index (κ3) is 4.50. The van der Waals surface area contributed by atoms with E-state index in [-0.39, 0.29) is 10.6 Å². The highest BCUT2D eigenvalue weighted by molar-refractivity contribution is 7.90. The van der Waals surface area contributed by atoms with Crippen LogP contribution in [0.15, 0.2) is 47.4 Å². The first-order valence-electron chi connectivity index (χ1n) is 8.13. The molecule has 3 rings (SSSR count). The molecule has 1 aliphatic rings. The van der Waals surface area contributed by atoms with E-state index in [0.717, 1.165) is 29.9 Å². The Morgan fingerprint density at radius 3 is 2.15 bits per heavy atom. The van der Waals surface area contributed by atoms with Crippen LogP contribution in [-0.4, -0.2) is 21.0 Å². The van der Waals surface area contributed by atoms with E-state index in [4.69, 9.17) is 0 Å². The SMILES string of the molecule is CS(=O)(=O)c1ccc(C2=C(c3cccc(OC(F)(F)F)c3)CCC2)cc1F. The van der Waals surface area contributed by atoms with Crippen molar-refractivity contribution in [3.8, 4) is 5.75 Å². The Morgan fingerprint density at radius 2 is 1.59 bits per heavy atom. The Morgan fingerprint density at radius 1 is 0.963 bits per heavy atom. The van der Waals surface area contributed by atoms with Crippen LogP contribution < -0.4 is 4.74 Å². The molecule has 3 nitrogen and oxygen atoms in total. The average Bonchev–Trinajstić information content (AvgIpc) is 3.01. The molecule has 0 spiro atoms. The van der Waals surface area contributed by atoms with Crippen LogP contribution in [0, 0.1) is 5.82 Å². The fourth-order valence-electron chi connectivity index (χ4n) is 3.25.